The molecule has 2 aromatic carbocycles. The van der Waals surface area contributed by atoms with Gasteiger partial charge in [0.25, 0.3) is 5.91 Å². The Balaban J connectivity index is 1.75. The van der Waals surface area contributed by atoms with Crippen LogP contribution in [0.25, 0.3) is 11.1 Å². The number of alkyl halides is 3. The normalized spacial score (nSPS) is 14.9. The van der Waals surface area contributed by atoms with Gasteiger partial charge in [-0.1, -0.05) is 48.5 Å². The standard InChI is InChI=1S/C25H23F3N2O5/c1-3-4-13-20(21(31)32)29-22(33)24(2,25(26,27)28)30-23(34)35-14-19-17-11-7-5-9-15(17)16-10-6-8-12-18(16)19/h5-12,19-20H,13-14H2,1-2H3,(H,29,33)(H,30,34)(H,31,32). The lowest BCUT2D eigenvalue weighted by Crippen LogP contribution is -2.66. The van der Waals surface area contributed by atoms with Crippen LogP contribution in [0.2, 0.25) is 0 Å². The Morgan fingerprint density at radius 1 is 1.06 bits per heavy atom. The number of nitrogens with one attached hydrogen (secondary N) is 2. The molecular formula is C25H23F3N2O5. The number of hydrogen-bond acceptors (Lipinski definition) is 4. The van der Waals surface area contributed by atoms with Crippen LogP contribution < -0.4 is 10.6 Å². The van der Waals surface area contributed by atoms with Crippen LogP contribution in [0.4, 0.5) is 18.0 Å². The van der Waals surface area contributed by atoms with Gasteiger partial charge in [-0.3, -0.25) is 10.1 Å². The Morgan fingerprint density at radius 2 is 1.60 bits per heavy atom. The number of carbonyl (C=O) groups excluding carboxylic acids is 2. The molecule has 0 fully saturated rings. The monoisotopic (exact) mass is 488 g/mol. The number of carboxylic acid groups (broad SMARTS) is 1. The van der Waals surface area contributed by atoms with E-state index in [2.05, 4.69) is 11.8 Å². The molecule has 2 amide bonds. The van der Waals surface area contributed by atoms with Gasteiger partial charge in [0.15, 0.2) is 0 Å². The summed E-state index contributed by atoms with van der Waals surface area (Å²) in [6.45, 7) is 1.59. The molecule has 7 nitrogen and oxygen atoms in total. The summed E-state index contributed by atoms with van der Waals surface area (Å²) in [4.78, 5) is 36.2. The lowest BCUT2D eigenvalue weighted by Gasteiger charge is -2.32. The lowest BCUT2D eigenvalue weighted by molar-refractivity contribution is -0.194. The summed E-state index contributed by atoms with van der Waals surface area (Å²) in [5.74, 6) is 1.09. The van der Waals surface area contributed by atoms with E-state index in [4.69, 9.17) is 4.74 Å². The van der Waals surface area contributed by atoms with Crippen LogP contribution in [0.3, 0.4) is 0 Å². The topological polar surface area (TPSA) is 105 Å². The summed E-state index contributed by atoms with van der Waals surface area (Å²) in [6, 6.07) is 13.1. The molecule has 0 heterocycles. The average molecular weight is 488 g/mol. The van der Waals surface area contributed by atoms with Crippen LogP contribution in [0.1, 0.15) is 37.3 Å². The summed E-state index contributed by atoms with van der Waals surface area (Å²) in [7, 11) is 0. The fourth-order valence-corrected chi connectivity index (χ4v) is 3.80. The molecule has 2 unspecified atom stereocenters. The fourth-order valence-electron chi connectivity index (χ4n) is 3.80. The fraction of sp³-hybridized carbons (Fsp3) is 0.320. The third kappa shape index (κ3) is 5.24. The number of fused-ring (bicyclic) bond motifs is 3. The largest absolute Gasteiger partial charge is 0.480 e. The number of aliphatic carboxylic acids is 1. The molecule has 10 heteroatoms. The molecule has 0 radical (unpaired) electrons. The van der Waals surface area contributed by atoms with Crippen molar-refractivity contribution in [1.82, 2.24) is 10.6 Å². The molecule has 2 aromatic rings. The summed E-state index contributed by atoms with van der Waals surface area (Å²) in [5, 5.41) is 12.6. The van der Waals surface area contributed by atoms with E-state index in [9.17, 15) is 32.7 Å². The number of alkyl carbamates (subject to hydrolysis) is 1. The maximum Gasteiger partial charge on any atom is 0.420 e. The number of benzene rings is 2. The number of halogens is 3. The van der Waals surface area contributed by atoms with Crippen LogP contribution in [-0.4, -0.2) is 47.4 Å². The van der Waals surface area contributed by atoms with Crippen molar-refractivity contribution < 1.29 is 37.4 Å². The zero-order chi connectivity index (χ0) is 25.8. The molecule has 3 N–H and O–H groups in total. The van der Waals surface area contributed by atoms with Gasteiger partial charge in [-0.25, -0.2) is 9.59 Å². The van der Waals surface area contributed by atoms with Crippen molar-refractivity contribution in [3.63, 3.8) is 0 Å². The average Bonchev–Trinajstić information content (AvgIpc) is 3.13. The predicted octanol–water partition coefficient (Wildman–Crippen LogP) is 3.83. The predicted molar refractivity (Wildman–Crippen MR) is 120 cm³/mol. The molecule has 0 bridgehead atoms. The van der Waals surface area contributed by atoms with Gasteiger partial charge in [-0.15, -0.1) is 11.8 Å². The van der Waals surface area contributed by atoms with E-state index < -0.39 is 48.1 Å². The second-order valence-corrected chi connectivity index (χ2v) is 8.07. The van der Waals surface area contributed by atoms with Crippen LogP contribution in [0.15, 0.2) is 48.5 Å². The summed E-state index contributed by atoms with van der Waals surface area (Å²) in [6.07, 6.45) is -7.12. The molecule has 0 aliphatic heterocycles. The third-order valence-electron chi connectivity index (χ3n) is 5.80. The number of amides is 2. The SMILES string of the molecule is CC#CCC(NC(=O)C(C)(NC(=O)OCC1c2ccccc2-c2ccccc21)C(F)(F)F)C(=O)O. The minimum atomic E-state index is -5.25. The first-order chi connectivity index (χ1) is 16.5. The first-order valence-corrected chi connectivity index (χ1v) is 10.6. The Hall–Kier alpha value is -4.00. The van der Waals surface area contributed by atoms with Gasteiger partial charge < -0.3 is 15.2 Å². The van der Waals surface area contributed by atoms with Gasteiger partial charge in [0, 0.05) is 12.3 Å². The molecule has 0 aromatic heterocycles. The van der Waals surface area contributed by atoms with Crippen molar-refractivity contribution in [2.75, 3.05) is 6.61 Å². The van der Waals surface area contributed by atoms with E-state index in [0.29, 0.717) is 6.92 Å². The van der Waals surface area contributed by atoms with Gasteiger partial charge in [0.05, 0.1) is 0 Å². The summed E-state index contributed by atoms with van der Waals surface area (Å²) >= 11 is 0. The molecule has 1 aliphatic carbocycles. The van der Waals surface area contributed by atoms with E-state index in [1.54, 1.807) is 10.6 Å². The van der Waals surface area contributed by atoms with Crippen molar-refractivity contribution >= 4 is 18.0 Å². The van der Waals surface area contributed by atoms with Crippen LogP contribution in [0, 0.1) is 11.8 Å². The number of carbonyl (C=O) groups is 3. The maximum absolute atomic E-state index is 13.8. The zero-order valence-corrected chi connectivity index (χ0v) is 18.9. The molecule has 3 rings (SSSR count). The Labute approximate surface area is 199 Å². The van der Waals surface area contributed by atoms with Crippen LogP contribution >= 0.6 is 0 Å². The number of hydrogen-bond donors (Lipinski definition) is 3. The molecule has 1 aliphatic rings. The van der Waals surface area contributed by atoms with E-state index in [-0.39, 0.29) is 6.61 Å². The van der Waals surface area contributed by atoms with E-state index in [1.165, 1.54) is 6.92 Å². The van der Waals surface area contributed by atoms with Gasteiger partial charge in [0.1, 0.15) is 12.6 Å². The number of carboxylic acids is 1. The van der Waals surface area contributed by atoms with Crippen molar-refractivity contribution in [3.8, 4) is 23.0 Å². The molecule has 0 saturated heterocycles. The summed E-state index contributed by atoms with van der Waals surface area (Å²) in [5.41, 5.74) is 0.152. The van der Waals surface area contributed by atoms with Gasteiger partial charge >= 0.3 is 18.2 Å². The first-order valence-electron chi connectivity index (χ1n) is 10.6. The van der Waals surface area contributed by atoms with Crippen molar-refractivity contribution in [3.05, 3.63) is 59.7 Å². The molecule has 0 spiro atoms. The van der Waals surface area contributed by atoms with Gasteiger partial charge in [-0.05, 0) is 36.1 Å². The Bertz CT molecular complexity index is 1160. The molecule has 184 valence electrons. The Morgan fingerprint density at radius 3 is 2.09 bits per heavy atom. The van der Waals surface area contributed by atoms with Gasteiger partial charge in [0.2, 0.25) is 5.54 Å². The van der Waals surface area contributed by atoms with E-state index >= 15 is 0 Å². The molecule has 2 atom stereocenters. The maximum atomic E-state index is 13.8. The lowest BCUT2D eigenvalue weighted by atomic mass is 9.98. The molecule has 35 heavy (non-hydrogen) atoms. The highest BCUT2D eigenvalue weighted by Crippen LogP contribution is 2.44. The Kier molecular flexibility index (Phi) is 7.39. The van der Waals surface area contributed by atoms with E-state index in [0.717, 1.165) is 22.3 Å². The highest BCUT2D eigenvalue weighted by molar-refractivity contribution is 5.93. The molecule has 0 saturated carbocycles. The van der Waals surface area contributed by atoms with Crippen LogP contribution in [0.5, 0.6) is 0 Å². The first kappa shape index (κ1) is 25.6. The highest BCUT2D eigenvalue weighted by atomic mass is 19.4. The van der Waals surface area contributed by atoms with E-state index in [1.807, 2.05) is 48.5 Å². The third-order valence-corrected chi connectivity index (χ3v) is 5.80. The van der Waals surface area contributed by atoms with Crippen molar-refractivity contribution in [2.45, 2.75) is 43.9 Å². The second kappa shape index (κ2) is 10.1. The summed E-state index contributed by atoms with van der Waals surface area (Å²) < 4.78 is 46.7. The molecular weight excluding hydrogens is 465 g/mol. The van der Waals surface area contributed by atoms with Crippen molar-refractivity contribution in [2.24, 2.45) is 0 Å². The van der Waals surface area contributed by atoms with Crippen molar-refractivity contribution in [1.29, 1.82) is 0 Å². The van der Waals surface area contributed by atoms with Gasteiger partial charge in [-0.2, -0.15) is 13.2 Å². The zero-order valence-electron chi connectivity index (χ0n) is 18.9. The minimum absolute atomic E-state index is 0.265. The quantitative estimate of drug-likeness (QED) is 0.514. The smallest absolute Gasteiger partial charge is 0.420 e. The van der Waals surface area contributed by atoms with Crippen LogP contribution in [-0.2, 0) is 14.3 Å². The number of rotatable bonds is 7. The number of ether oxygens (including phenoxy) is 1. The second-order valence-electron chi connectivity index (χ2n) is 8.07. The minimum Gasteiger partial charge on any atom is -0.480 e. The highest BCUT2D eigenvalue weighted by Gasteiger charge is 2.58.